The van der Waals surface area contributed by atoms with Crippen LogP contribution in [0.5, 0.6) is 0 Å². The second kappa shape index (κ2) is 7.25. The van der Waals surface area contributed by atoms with Gasteiger partial charge < -0.3 is 9.64 Å². The zero-order valence-corrected chi connectivity index (χ0v) is 13.7. The van der Waals surface area contributed by atoms with Crippen LogP contribution in [0.3, 0.4) is 0 Å². The Labute approximate surface area is 141 Å². The summed E-state index contributed by atoms with van der Waals surface area (Å²) in [6.07, 6.45) is 1.92. The number of amides is 1. The maximum Gasteiger partial charge on any atom is 0.356 e. The number of carbonyl (C=O) groups is 2. The maximum atomic E-state index is 12.4. The summed E-state index contributed by atoms with van der Waals surface area (Å²) in [6.45, 7) is 1.19. The van der Waals surface area contributed by atoms with Crippen molar-refractivity contribution >= 4 is 11.9 Å². The topological polar surface area (TPSA) is 59.5 Å². The van der Waals surface area contributed by atoms with Crippen molar-refractivity contribution in [2.45, 2.75) is 25.8 Å². The van der Waals surface area contributed by atoms with Gasteiger partial charge in [-0.15, -0.1) is 0 Å². The van der Waals surface area contributed by atoms with Crippen molar-refractivity contribution in [1.82, 2.24) is 9.88 Å². The first-order valence-corrected chi connectivity index (χ1v) is 8.06. The fraction of sp³-hybridized carbons (Fsp3) is 0.316. The Balaban J connectivity index is 1.62. The Morgan fingerprint density at radius 1 is 1.17 bits per heavy atom. The van der Waals surface area contributed by atoms with Gasteiger partial charge in [-0.05, 0) is 23.6 Å². The number of hydrogen-bond acceptors (Lipinski definition) is 4. The molecule has 5 heteroatoms. The Morgan fingerprint density at radius 3 is 2.71 bits per heavy atom. The van der Waals surface area contributed by atoms with Gasteiger partial charge in [-0.3, -0.25) is 4.79 Å². The standard InChI is InChI=1S/C19H20N2O3/c1-24-19(23)17-9-8-15-13-21(12-11-16(15)20-17)18(22)10-7-14-5-3-2-4-6-14/h2-6,8-9H,7,10-13H2,1H3. The number of aromatic nitrogens is 1. The molecule has 0 N–H and O–H groups in total. The Kier molecular flexibility index (Phi) is 4.89. The van der Waals surface area contributed by atoms with Crippen molar-refractivity contribution in [1.29, 1.82) is 0 Å². The SMILES string of the molecule is COC(=O)c1ccc2c(n1)CCN(C(=O)CCc1ccccc1)C2. The van der Waals surface area contributed by atoms with Crippen molar-refractivity contribution in [2.75, 3.05) is 13.7 Å². The van der Waals surface area contributed by atoms with Gasteiger partial charge >= 0.3 is 5.97 Å². The highest BCUT2D eigenvalue weighted by Crippen LogP contribution is 2.19. The molecule has 2 aromatic rings. The molecule has 1 amide bonds. The molecule has 0 aliphatic carbocycles. The van der Waals surface area contributed by atoms with Crippen molar-refractivity contribution in [2.24, 2.45) is 0 Å². The monoisotopic (exact) mass is 324 g/mol. The van der Waals surface area contributed by atoms with E-state index in [1.807, 2.05) is 41.3 Å². The number of benzene rings is 1. The molecule has 5 nitrogen and oxygen atoms in total. The van der Waals surface area contributed by atoms with Gasteiger partial charge in [-0.1, -0.05) is 36.4 Å². The van der Waals surface area contributed by atoms with Crippen LogP contribution in [0, 0.1) is 0 Å². The lowest BCUT2D eigenvalue weighted by Gasteiger charge is -2.28. The summed E-state index contributed by atoms with van der Waals surface area (Å²) >= 11 is 0. The Morgan fingerprint density at radius 2 is 1.96 bits per heavy atom. The molecule has 1 aliphatic heterocycles. The number of rotatable bonds is 4. The van der Waals surface area contributed by atoms with E-state index in [0.717, 1.165) is 17.7 Å². The molecule has 0 spiro atoms. The van der Waals surface area contributed by atoms with Gasteiger partial charge in [0.2, 0.25) is 5.91 Å². The van der Waals surface area contributed by atoms with Gasteiger partial charge in [0.1, 0.15) is 5.69 Å². The summed E-state index contributed by atoms with van der Waals surface area (Å²) in [7, 11) is 1.34. The number of methoxy groups -OCH3 is 1. The summed E-state index contributed by atoms with van der Waals surface area (Å²) in [5.74, 6) is -0.277. The van der Waals surface area contributed by atoms with Crippen LogP contribution in [0.15, 0.2) is 42.5 Å². The number of carbonyl (C=O) groups excluding carboxylic acids is 2. The van der Waals surface area contributed by atoms with E-state index in [1.54, 1.807) is 6.07 Å². The third-order valence-corrected chi connectivity index (χ3v) is 4.27. The van der Waals surface area contributed by atoms with Crippen molar-refractivity contribution in [3.8, 4) is 0 Å². The second-order valence-corrected chi connectivity index (χ2v) is 5.84. The fourth-order valence-electron chi connectivity index (χ4n) is 2.90. The second-order valence-electron chi connectivity index (χ2n) is 5.84. The largest absolute Gasteiger partial charge is 0.464 e. The van der Waals surface area contributed by atoms with Crippen LogP contribution in [-0.2, 0) is 28.9 Å². The molecule has 1 aromatic carbocycles. The minimum atomic E-state index is -0.431. The van der Waals surface area contributed by atoms with Crippen LogP contribution in [0.2, 0.25) is 0 Å². The zero-order chi connectivity index (χ0) is 16.9. The van der Waals surface area contributed by atoms with Gasteiger partial charge in [0.05, 0.1) is 7.11 Å². The van der Waals surface area contributed by atoms with Crippen molar-refractivity contribution in [3.63, 3.8) is 0 Å². The van der Waals surface area contributed by atoms with E-state index in [1.165, 1.54) is 12.7 Å². The van der Waals surface area contributed by atoms with Crippen LogP contribution >= 0.6 is 0 Å². The molecule has 1 aromatic heterocycles. The number of pyridine rings is 1. The predicted octanol–water partition coefficient (Wildman–Crippen LogP) is 2.39. The predicted molar refractivity (Wildman–Crippen MR) is 89.5 cm³/mol. The lowest BCUT2D eigenvalue weighted by atomic mass is 10.0. The average molecular weight is 324 g/mol. The van der Waals surface area contributed by atoms with Gasteiger partial charge in [0.15, 0.2) is 0 Å². The van der Waals surface area contributed by atoms with Gasteiger partial charge in [0.25, 0.3) is 0 Å². The Bertz CT molecular complexity index is 744. The van der Waals surface area contributed by atoms with E-state index in [-0.39, 0.29) is 5.91 Å². The number of hydrogen-bond donors (Lipinski definition) is 0. The van der Waals surface area contributed by atoms with E-state index in [0.29, 0.717) is 31.6 Å². The third-order valence-electron chi connectivity index (χ3n) is 4.27. The van der Waals surface area contributed by atoms with Gasteiger partial charge in [-0.2, -0.15) is 0 Å². The number of fused-ring (bicyclic) bond motifs is 1. The molecule has 0 unspecified atom stereocenters. The van der Waals surface area contributed by atoms with Crippen LogP contribution in [0.1, 0.15) is 33.7 Å². The molecular weight excluding hydrogens is 304 g/mol. The zero-order valence-electron chi connectivity index (χ0n) is 13.7. The molecule has 124 valence electrons. The summed E-state index contributed by atoms with van der Waals surface area (Å²) in [4.78, 5) is 30.2. The van der Waals surface area contributed by atoms with E-state index < -0.39 is 5.97 Å². The van der Waals surface area contributed by atoms with Gasteiger partial charge in [0, 0.05) is 31.6 Å². The number of ether oxygens (including phenoxy) is 1. The molecule has 0 bridgehead atoms. The van der Waals surface area contributed by atoms with E-state index >= 15 is 0 Å². The third kappa shape index (κ3) is 3.62. The molecule has 0 radical (unpaired) electrons. The number of aryl methyl sites for hydroxylation is 1. The number of nitrogens with zero attached hydrogens (tertiary/aromatic N) is 2. The first-order valence-electron chi connectivity index (χ1n) is 8.06. The Hall–Kier alpha value is -2.69. The van der Waals surface area contributed by atoms with E-state index in [9.17, 15) is 9.59 Å². The lowest BCUT2D eigenvalue weighted by Crippen LogP contribution is -2.36. The molecular formula is C19H20N2O3. The van der Waals surface area contributed by atoms with E-state index in [2.05, 4.69) is 4.98 Å². The lowest BCUT2D eigenvalue weighted by molar-refractivity contribution is -0.132. The summed E-state index contributed by atoms with van der Waals surface area (Å²) in [5, 5.41) is 0. The summed E-state index contributed by atoms with van der Waals surface area (Å²) in [6, 6.07) is 13.5. The van der Waals surface area contributed by atoms with Crippen LogP contribution in [0.25, 0.3) is 0 Å². The quantitative estimate of drug-likeness (QED) is 0.810. The fourth-order valence-corrected chi connectivity index (χ4v) is 2.90. The molecule has 3 rings (SSSR count). The molecule has 0 atom stereocenters. The van der Waals surface area contributed by atoms with Crippen LogP contribution in [0.4, 0.5) is 0 Å². The van der Waals surface area contributed by atoms with Crippen LogP contribution in [-0.4, -0.2) is 35.4 Å². The van der Waals surface area contributed by atoms with Gasteiger partial charge in [-0.25, -0.2) is 9.78 Å². The molecule has 2 heterocycles. The highest BCUT2D eigenvalue weighted by molar-refractivity contribution is 5.87. The normalized spacial score (nSPS) is 13.3. The first-order chi connectivity index (χ1) is 11.7. The van der Waals surface area contributed by atoms with E-state index in [4.69, 9.17) is 4.74 Å². The first kappa shape index (κ1) is 16.2. The highest BCUT2D eigenvalue weighted by Gasteiger charge is 2.22. The van der Waals surface area contributed by atoms with Crippen molar-refractivity contribution < 1.29 is 14.3 Å². The summed E-state index contributed by atoms with van der Waals surface area (Å²) in [5.41, 5.74) is 3.37. The molecule has 1 aliphatic rings. The molecule has 0 saturated heterocycles. The number of esters is 1. The minimum Gasteiger partial charge on any atom is -0.464 e. The molecule has 0 fully saturated rings. The molecule has 24 heavy (non-hydrogen) atoms. The highest BCUT2D eigenvalue weighted by atomic mass is 16.5. The van der Waals surface area contributed by atoms with Crippen molar-refractivity contribution in [3.05, 3.63) is 65.0 Å². The summed E-state index contributed by atoms with van der Waals surface area (Å²) < 4.78 is 4.69. The smallest absolute Gasteiger partial charge is 0.356 e. The maximum absolute atomic E-state index is 12.4. The average Bonchev–Trinajstić information content (AvgIpc) is 2.65. The molecule has 0 saturated carbocycles. The minimum absolute atomic E-state index is 0.154. The van der Waals surface area contributed by atoms with Crippen LogP contribution < -0.4 is 0 Å².